The van der Waals surface area contributed by atoms with Crippen LogP contribution >= 0.6 is 0 Å². The van der Waals surface area contributed by atoms with Crippen molar-refractivity contribution >= 4 is 0 Å². The highest BCUT2D eigenvalue weighted by atomic mass is 19.1. The number of halogens is 2. The number of aliphatic hydroxyl groups is 1. The van der Waals surface area contributed by atoms with Crippen LogP contribution in [0.2, 0.25) is 0 Å². The molecule has 2 rings (SSSR count). The first-order valence-electron chi connectivity index (χ1n) is 5.91. The number of hydrogen-bond acceptors (Lipinski definition) is 3. The first-order chi connectivity index (χ1) is 9.56. The van der Waals surface area contributed by atoms with Gasteiger partial charge in [0.1, 0.15) is 29.2 Å². The third kappa shape index (κ3) is 2.72. The molecule has 5 heteroatoms. The second-order valence-corrected chi connectivity index (χ2v) is 4.18. The third-order valence-corrected chi connectivity index (χ3v) is 2.96. The SMILES string of the molecule is COc1cc(OC)cc(C(O)c2c(F)cccc2F)c1. The van der Waals surface area contributed by atoms with Gasteiger partial charge in [0.25, 0.3) is 0 Å². The van der Waals surface area contributed by atoms with Gasteiger partial charge in [0.05, 0.1) is 19.8 Å². The summed E-state index contributed by atoms with van der Waals surface area (Å²) < 4.78 is 37.5. The average molecular weight is 280 g/mol. The molecule has 2 aromatic carbocycles. The maximum absolute atomic E-state index is 13.7. The van der Waals surface area contributed by atoms with E-state index in [0.717, 1.165) is 12.1 Å². The second-order valence-electron chi connectivity index (χ2n) is 4.18. The summed E-state index contributed by atoms with van der Waals surface area (Å²) in [6.45, 7) is 0. The van der Waals surface area contributed by atoms with Gasteiger partial charge in [0, 0.05) is 6.07 Å². The molecule has 0 aliphatic carbocycles. The molecule has 1 atom stereocenters. The Bertz CT molecular complexity index is 572. The molecule has 0 fully saturated rings. The van der Waals surface area contributed by atoms with E-state index in [9.17, 15) is 13.9 Å². The first kappa shape index (κ1) is 14.3. The van der Waals surface area contributed by atoms with Crippen LogP contribution in [-0.2, 0) is 0 Å². The topological polar surface area (TPSA) is 38.7 Å². The Hall–Kier alpha value is -2.14. The lowest BCUT2D eigenvalue weighted by atomic mass is 10.00. The van der Waals surface area contributed by atoms with E-state index >= 15 is 0 Å². The van der Waals surface area contributed by atoms with Gasteiger partial charge in [-0.3, -0.25) is 0 Å². The quantitative estimate of drug-likeness (QED) is 0.935. The minimum Gasteiger partial charge on any atom is -0.497 e. The Kier molecular flexibility index (Phi) is 4.20. The zero-order valence-corrected chi connectivity index (χ0v) is 11.1. The van der Waals surface area contributed by atoms with Crippen molar-refractivity contribution in [3.8, 4) is 11.5 Å². The van der Waals surface area contributed by atoms with Gasteiger partial charge < -0.3 is 14.6 Å². The van der Waals surface area contributed by atoms with Crippen molar-refractivity contribution in [2.24, 2.45) is 0 Å². The minimum atomic E-state index is -1.44. The molecule has 0 saturated heterocycles. The van der Waals surface area contributed by atoms with Crippen molar-refractivity contribution in [1.29, 1.82) is 0 Å². The van der Waals surface area contributed by atoms with Gasteiger partial charge >= 0.3 is 0 Å². The Morgan fingerprint density at radius 3 is 1.90 bits per heavy atom. The molecule has 1 unspecified atom stereocenters. The molecule has 20 heavy (non-hydrogen) atoms. The van der Waals surface area contributed by atoms with Gasteiger partial charge in [0.15, 0.2) is 0 Å². The van der Waals surface area contributed by atoms with Crippen LogP contribution in [-0.4, -0.2) is 19.3 Å². The van der Waals surface area contributed by atoms with E-state index in [4.69, 9.17) is 9.47 Å². The van der Waals surface area contributed by atoms with Crippen molar-refractivity contribution in [1.82, 2.24) is 0 Å². The molecule has 3 nitrogen and oxygen atoms in total. The fraction of sp³-hybridized carbons (Fsp3) is 0.200. The van der Waals surface area contributed by atoms with E-state index < -0.39 is 23.3 Å². The van der Waals surface area contributed by atoms with Crippen LogP contribution in [0.1, 0.15) is 17.2 Å². The molecule has 0 amide bonds. The number of rotatable bonds is 4. The van der Waals surface area contributed by atoms with Gasteiger partial charge in [-0.05, 0) is 29.8 Å². The second kappa shape index (κ2) is 5.88. The molecule has 2 aromatic rings. The summed E-state index contributed by atoms with van der Waals surface area (Å²) in [6, 6.07) is 8.04. The summed E-state index contributed by atoms with van der Waals surface area (Å²) in [5.74, 6) is -0.760. The molecular formula is C15H14F2O3. The third-order valence-electron chi connectivity index (χ3n) is 2.96. The first-order valence-corrected chi connectivity index (χ1v) is 5.91. The largest absolute Gasteiger partial charge is 0.497 e. The number of benzene rings is 2. The smallest absolute Gasteiger partial charge is 0.132 e. The van der Waals surface area contributed by atoms with Gasteiger partial charge in [-0.2, -0.15) is 0 Å². The highest BCUT2D eigenvalue weighted by molar-refractivity contribution is 5.42. The molecular weight excluding hydrogens is 266 g/mol. The van der Waals surface area contributed by atoms with Crippen LogP contribution < -0.4 is 9.47 Å². The van der Waals surface area contributed by atoms with Crippen LogP contribution in [0.5, 0.6) is 11.5 Å². The lowest BCUT2D eigenvalue weighted by Crippen LogP contribution is -2.06. The Morgan fingerprint density at radius 1 is 0.950 bits per heavy atom. The average Bonchev–Trinajstić information content (AvgIpc) is 2.46. The van der Waals surface area contributed by atoms with E-state index in [1.165, 1.54) is 32.4 Å². The standard InChI is InChI=1S/C15H14F2O3/c1-19-10-6-9(7-11(8-10)20-2)15(18)14-12(16)4-3-5-13(14)17/h3-8,15,18H,1-2H3. The summed E-state index contributed by atoms with van der Waals surface area (Å²) in [4.78, 5) is 0. The lowest BCUT2D eigenvalue weighted by Gasteiger charge is -2.15. The number of methoxy groups -OCH3 is 2. The highest BCUT2D eigenvalue weighted by Gasteiger charge is 2.20. The zero-order valence-electron chi connectivity index (χ0n) is 11.1. The van der Waals surface area contributed by atoms with Crippen LogP contribution in [0.4, 0.5) is 8.78 Å². The highest BCUT2D eigenvalue weighted by Crippen LogP contribution is 2.32. The molecule has 0 heterocycles. The summed E-state index contributed by atoms with van der Waals surface area (Å²) in [5.41, 5.74) is -0.118. The van der Waals surface area contributed by atoms with Gasteiger partial charge in [0.2, 0.25) is 0 Å². The van der Waals surface area contributed by atoms with E-state index in [2.05, 4.69) is 0 Å². The molecule has 0 aliphatic heterocycles. The van der Waals surface area contributed by atoms with Crippen molar-refractivity contribution in [2.75, 3.05) is 14.2 Å². The normalized spacial score (nSPS) is 12.1. The van der Waals surface area contributed by atoms with Crippen LogP contribution in [0.25, 0.3) is 0 Å². The van der Waals surface area contributed by atoms with Crippen molar-refractivity contribution in [3.63, 3.8) is 0 Å². The molecule has 0 radical (unpaired) electrons. The van der Waals surface area contributed by atoms with Crippen LogP contribution in [0.3, 0.4) is 0 Å². The monoisotopic (exact) mass is 280 g/mol. The van der Waals surface area contributed by atoms with E-state index in [0.29, 0.717) is 11.5 Å². The fourth-order valence-electron chi connectivity index (χ4n) is 1.93. The molecule has 0 aliphatic rings. The van der Waals surface area contributed by atoms with Crippen LogP contribution in [0, 0.1) is 11.6 Å². The van der Waals surface area contributed by atoms with Crippen molar-refractivity contribution in [3.05, 3.63) is 59.2 Å². The zero-order chi connectivity index (χ0) is 14.7. The number of hydrogen-bond donors (Lipinski definition) is 1. The Labute approximate surface area is 115 Å². The van der Waals surface area contributed by atoms with Crippen molar-refractivity contribution in [2.45, 2.75) is 6.10 Å². The van der Waals surface area contributed by atoms with Crippen LogP contribution in [0.15, 0.2) is 36.4 Å². The summed E-state index contributed by atoms with van der Waals surface area (Å²) >= 11 is 0. The molecule has 0 bridgehead atoms. The minimum absolute atomic E-state index is 0.283. The van der Waals surface area contributed by atoms with E-state index in [1.807, 2.05) is 0 Å². The van der Waals surface area contributed by atoms with E-state index in [1.54, 1.807) is 6.07 Å². The molecule has 1 N–H and O–H groups in total. The number of aliphatic hydroxyl groups excluding tert-OH is 1. The fourth-order valence-corrected chi connectivity index (χ4v) is 1.93. The van der Waals surface area contributed by atoms with Gasteiger partial charge in [-0.25, -0.2) is 8.78 Å². The Balaban J connectivity index is 2.50. The summed E-state index contributed by atoms with van der Waals surface area (Å²) in [7, 11) is 2.91. The van der Waals surface area contributed by atoms with Crippen molar-refractivity contribution < 1.29 is 23.4 Å². The predicted octanol–water partition coefficient (Wildman–Crippen LogP) is 3.06. The molecule has 0 aromatic heterocycles. The molecule has 0 saturated carbocycles. The van der Waals surface area contributed by atoms with Gasteiger partial charge in [-0.15, -0.1) is 0 Å². The Morgan fingerprint density at radius 2 is 1.45 bits per heavy atom. The molecule has 0 spiro atoms. The summed E-state index contributed by atoms with van der Waals surface area (Å²) in [6.07, 6.45) is -1.44. The molecule has 106 valence electrons. The maximum Gasteiger partial charge on any atom is 0.132 e. The lowest BCUT2D eigenvalue weighted by molar-refractivity contribution is 0.208. The number of ether oxygens (including phenoxy) is 2. The van der Waals surface area contributed by atoms with Gasteiger partial charge in [-0.1, -0.05) is 6.07 Å². The predicted molar refractivity (Wildman–Crippen MR) is 70.0 cm³/mol. The van der Waals surface area contributed by atoms with E-state index in [-0.39, 0.29) is 5.56 Å². The maximum atomic E-state index is 13.7. The summed E-state index contributed by atoms with van der Waals surface area (Å²) in [5, 5.41) is 10.2.